The van der Waals surface area contributed by atoms with Gasteiger partial charge in [0.15, 0.2) is 36.3 Å². The molecular weight excluding hydrogens is 612 g/mol. The minimum Gasteiger partial charge on any atom is -0.508 e. The number of rotatable bonds is 11. The molecule has 2 fully saturated rings. The lowest BCUT2D eigenvalue weighted by molar-refractivity contribution is -0.358. The Kier molecular flexibility index (Phi) is 11.9. The average Bonchev–Trinajstić information content (AvgIpc) is 3.02. The molecule has 4 rings (SSSR count). The third-order valence-corrected chi connectivity index (χ3v) is 7.45. The van der Waals surface area contributed by atoms with Gasteiger partial charge in [0.1, 0.15) is 36.3 Å². The van der Waals surface area contributed by atoms with Crippen LogP contribution in [0.15, 0.2) is 48.5 Å². The first kappa shape index (κ1) is 35.1. The predicted molar refractivity (Wildman–Crippen MR) is 155 cm³/mol. The highest BCUT2D eigenvalue weighted by molar-refractivity contribution is 5.87. The maximum absolute atomic E-state index is 13.0. The Hall–Kier alpha value is -3.80. The molecule has 2 aliphatic heterocycles. The van der Waals surface area contributed by atoms with E-state index in [2.05, 4.69) is 0 Å². The van der Waals surface area contributed by atoms with Crippen LogP contribution in [-0.2, 0) is 44.4 Å². The molecule has 2 heterocycles. The van der Waals surface area contributed by atoms with Crippen LogP contribution in [0.4, 0.5) is 0 Å². The van der Waals surface area contributed by atoms with Crippen LogP contribution in [0.25, 0.3) is 6.08 Å². The summed E-state index contributed by atoms with van der Waals surface area (Å²) in [6.45, 7) is 1.81. The molecule has 15 heteroatoms. The molecule has 10 atom stereocenters. The van der Waals surface area contributed by atoms with Crippen molar-refractivity contribution >= 4 is 18.0 Å². The van der Waals surface area contributed by atoms with Gasteiger partial charge in [-0.1, -0.05) is 18.2 Å². The molecule has 0 radical (unpaired) electrons. The molecule has 0 spiro atoms. The van der Waals surface area contributed by atoms with Crippen LogP contribution in [0, 0.1) is 0 Å². The summed E-state index contributed by atoms with van der Waals surface area (Å²) in [5, 5.41) is 70.2. The second-order valence-corrected chi connectivity index (χ2v) is 10.9. The van der Waals surface area contributed by atoms with Crippen LogP contribution in [0.5, 0.6) is 17.2 Å². The van der Waals surface area contributed by atoms with Gasteiger partial charge in [-0.15, -0.1) is 0 Å². The van der Waals surface area contributed by atoms with Crippen LogP contribution in [0.3, 0.4) is 0 Å². The van der Waals surface area contributed by atoms with Gasteiger partial charge in [-0.2, -0.15) is 0 Å². The highest BCUT2D eigenvalue weighted by atomic mass is 16.8. The number of carbonyl (C=O) groups is 2. The lowest BCUT2D eigenvalue weighted by Gasteiger charge is -2.47. The van der Waals surface area contributed by atoms with Crippen molar-refractivity contribution in [2.75, 3.05) is 13.2 Å². The van der Waals surface area contributed by atoms with E-state index in [1.165, 1.54) is 43.3 Å². The highest BCUT2D eigenvalue weighted by Crippen LogP contribution is 2.33. The Morgan fingerprint density at radius 3 is 2.22 bits per heavy atom. The summed E-state index contributed by atoms with van der Waals surface area (Å²) < 4.78 is 34.5. The third-order valence-electron chi connectivity index (χ3n) is 7.45. The number of phenols is 3. The Bertz CT molecular complexity index is 1350. The van der Waals surface area contributed by atoms with E-state index in [4.69, 9.17) is 28.4 Å². The summed E-state index contributed by atoms with van der Waals surface area (Å²) >= 11 is 0. The van der Waals surface area contributed by atoms with E-state index < -0.39 is 85.7 Å². The number of esters is 2. The van der Waals surface area contributed by atoms with Crippen molar-refractivity contribution in [1.82, 2.24) is 0 Å². The third kappa shape index (κ3) is 8.71. The normalized spacial score (nSPS) is 31.4. The molecule has 2 aromatic rings. The van der Waals surface area contributed by atoms with Crippen LogP contribution >= 0.6 is 0 Å². The first-order valence-electron chi connectivity index (χ1n) is 14.5. The van der Waals surface area contributed by atoms with Crippen molar-refractivity contribution < 1.29 is 73.8 Å². The van der Waals surface area contributed by atoms with Gasteiger partial charge in [0.05, 0.1) is 19.3 Å². The number of ether oxygens (including phenoxy) is 6. The zero-order chi connectivity index (χ0) is 33.5. The number of aliphatic hydroxyl groups excluding tert-OH is 4. The quantitative estimate of drug-likeness (QED) is 0.0952. The van der Waals surface area contributed by atoms with Crippen LogP contribution in [0.2, 0.25) is 0 Å². The van der Waals surface area contributed by atoms with Crippen molar-refractivity contribution in [2.24, 2.45) is 0 Å². The molecule has 0 aromatic heterocycles. The number of aromatic hydroxyl groups is 3. The van der Waals surface area contributed by atoms with Gasteiger partial charge in [0.2, 0.25) is 0 Å². The van der Waals surface area contributed by atoms with Gasteiger partial charge >= 0.3 is 11.9 Å². The molecule has 0 bridgehead atoms. The lowest BCUT2D eigenvalue weighted by atomic mass is 9.96. The average molecular weight is 651 g/mol. The van der Waals surface area contributed by atoms with Gasteiger partial charge in [-0.05, 0) is 54.8 Å². The van der Waals surface area contributed by atoms with E-state index >= 15 is 0 Å². The van der Waals surface area contributed by atoms with Crippen LogP contribution in [0.1, 0.15) is 25.0 Å². The van der Waals surface area contributed by atoms with E-state index in [0.717, 1.165) is 18.6 Å². The molecule has 2 aromatic carbocycles. The molecule has 15 nitrogen and oxygen atoms in total. The number of phenolic OH excluding ortho intramolecular Hbond substituents is 3. The van der Waals surface area contributed by atoms with Crippen LogP contribution in [-0.4, -0.2) is 122 Å². The number of hydrogen-bond donors (Lipinski definition) is 7. The summed E-state index contributed by atoms with van der Waals surface area (Å²) in [5.41, 5.74) is 1.13. The fourth-order valence-electron chi connectivity index (χ4n) is 4.99. The number of benzene rings is 2. The zero-order valence-corrected chi connectivity index (χ0v) is 25.0. The van der Waals surface area contributed by atoms with Gasteiger partial charge in [0.25, 0.3) is 0 Å². The standard InChI is InChI=1S/C31H38O15/c1-15-24(38)25(39)26(40)30(42-15)46-28-27(45-23(37)10-6-18-5-9-20(35)21(36)13-18)22(14-32)44-31(29(28)43-16(2)33)41-12-11-17-3-7-19(34)8-4-17/h3-10,13,15,22,24-32,34-36,38-40H,11-12,14H2,1-2H3/t15-,22+,24-,25+,26+,27+,28-,29+,30-,31+/m0/s1. The highest BCUT2D eigenvalue weighted by Gasteiger charge is 2.54. The molecule has 7 N–H and O–H groups in total. The largest absolute Gasteiger partial charge is 0.508 e. The second kappa shape index (κ2) is 15.7. The summed E-state index contributed by atoms with van der Waals surface area (Å²) in [6.07, 6.45) is -12.1. The molecule has 2 saturated heterocycles. The molecule has 46 heavy (non-hydrogen) atoms. The van der Waals surface area contributed by atoms with E-state index in [1.54, 1.807) is 12.1 Å². The van der Waals surface area contributed by atoms with Gasteiger partial charge in [0, 0.05) is 13.0 Å². The topological polar surface area (TPSA) is 231 Å². The molecule has 252 valence electrons. The SMILES string of the molecule is CC(=O)O[C@H]1[C@H](OCCc2ccc(O)cc2)O[C@H](CO)[C@@H](OC(=O)C=Cc2ccc(O)c(O)c2)[C@@H]1O[C@@H]1O[C@@H](C)[C@H](O)[C@@H](O)[C@H]1O. The van der Waals surface area contributed by atoms with Crippen molar-refractivity contribution in [3.8, 4) is 17.2 Å². The Balaban J connectivity index is 1.61. The molecule has 0 amide bonds. The Morgan fingerprint density at radius 2 is 1.57 bits per heavy atom. The maximum atomic E-state index is 13.0. The predicted octanol–water partition coefficient (Wildman–Crippen LogP) is -0.151. The van der Waals surface area contributed by atoms with Crippen molar-refractivity contribution in [3.05, 3.63) is 59.7 Å². The summed E-state index contributed by atoms with van der Waals surface area (Å²) in [5.74, 6) is -2.48. The van der Waals surface area contributed by atoms with E-state index in [-0.39, 0.29) is 18.1 Å². The van der Waals surface area contributed by atoms with Crippen LogP contribution < -0.4 is 0 Å². The monoisotopic (exact) mass is 650 g/mol. The zero-order valence-electron chi connectivity index (χ0n) is 25.0. The second-order valence-electron chi connectivity index (χ2n) is 10.9. The smallest absolute Gasteiger partial charge is 0.331 e. The molecule has 2 aliphatic rings. The van der Waals surface area contributed by atoms with E-state index in [1.807, 2.05) is 0 Å². The lowest BCUT2D eigenvalue weighted by Crippen LogP contribution is -2.65. The minimum atomic E-state index is -1.79. The van der Waals surface area contributed by atoms with E-state index in [9.17, 15) is 45.3 Å². The van der Waals surface area contributed by atoms with E-state index in [0.29, 0.717) is 12.0 Å². The molecule has 0 saturated carbocycles. The Morgan fingerprint density at radius 1 is 0.848 bits per heavy atom. The maximum Gasteiger partial charge on any atom is 0.331 e. The van der Waals surface area contributed by atoms with Crippen molar-refractivity contribution in [2.45, 2.75) is 81.7 Å². The molecule has 0 aliphatic carbocycles. The summed E-state index contributed by atoms with van der Waals surface area (Å²) in [4.78, 5) is 25.2. The fourth-order valence-corrected chi connectivity index (χ4v) is 4.99. The Labute approximate surface area is 263 Å². The number of hydrogen-bond acceptors (Lipinski definition) is 15. The summed E-state index contributed by atoms with van der Waals surface area (Å²) in [7, 11) is 0. The van der Waals surface area contributed by atoms with Gasteiger partial charge < -0.3 is 64.2 Å². The van der Waals surface area contributed by atoms with Gasteiger partial charge in [-0.3, -0.25) is 4.79 Å². The first-order chi connectivity index (χ1) is 21.9. The van der Waals surface area contributed by atoms with Crippen molar-refractivity contribution in [1.29, 1.82) is 0 Å². The number of carbonyl (C=O) groups excluding carboxylic acids is 2. The number of aliphatic hydroxyl groups is 4. The molecular formula is C31H38O15. The minimum absolute atomic E-state index is 0.00916. The first-order valence-corrected chi connectivity index (χ1v) is 14.5. The van der Waals surface area contributed by atoms with Gasteiger partial charge in [-0.25, -0.2) is 4.79 Å². The fraction of sp³-hybridized carbons (Fsp3) is 0.484. The molecule has 0 unspecified atom stereocenters. The summed E-state index contributed by atoms with van der Waals surface area (Å²) in [6, 6.07) is 10.2. The van der Waals surface area contributed by atoms with Crippen molar-refractivity contribution in [3.63, 3.8) is 0 Å².